The molecule has 1 aromatic carbocycles. The largest absolute Gasteiger partial charge is 0.399 e. The van der Waals surface area contributed by atoms with Crippen LogP contribution >= 0.6 is 11.3 Å². The summed E-state index contributed by atoms with van der Waals surface area (Å²) in [5, 5.41) is 4.30. The number of aromatic nitrogens is 3. The molecule has 6 heteroatoms. The number of thiazole rings is 1. The van der Waals surface area contributed by atoms with Crippen molar-refractivity contribution in [1.29, 1.82) is 0 Å². The molecule has 0 radical (unpaired) electrons. The topological polar surface area (TPSA) is 79.6 Å². The first-order valence-corrected chi connectivity index (χ1v) is 7.00. The van der Waals surface area contributed by atoms with Gasteiger partial charge in [0.1, 0.15) is 0 Å². The van der Waals surface area contributed by atoms with Crippen LogP contribution in [0.5, 0.6) is 0 Å². The number of nitrogen functional groups attached to an aromatic ring is 1. The van der Waals surface area contributed by atoms with E-state index < -0.39 is 0 Å². The molecular weight excluding hydrogens is 258 g/mol. The molecule has 0 bridgehead atoms. The fourth-order valence-electron chi connectivity index (χ4n) is 1.91. The van der Waals surface area contributed by atoms with E-state index in [0.29, 0.717) is 0 Å². The van der Waals surface area contributed by atoms with Crippen molar-refractivity contribution in [3.63, 3.8) is 0 Å². The number of benzene rings is 1. The molecule has 0 fully saturated rings. The van der Waals surface area contributed by atoms with Crippen molar-refractivity contribution in [2.45, 2.75) is 12.8 Å². The zero-order valence-electron chi connectivity index (χ0n) is 10.4. The van der Waals surface area contributed by atoms with E-state index >= 15 is 0 Å². The number of aryl methyl sites for hydroxylation is 1. The minimum atomic E-state index is 0.780. The van der Waals surface area contributed by atoms with Crippen LogP contribution in [0.15, 0.2) is 30.7 Å². The van der Waals surface area contributed by atoms with Gasteiger partial charge in [0.25, 0.3) is 0 Å². The minimum absolute atomic E-state index is 0.780. The Balaban J connectivity index is 1.56. The van der Waals surface area contributed by atoms with Gasteiger partial charge in [-0.2, -0.15) is 0 Å². The molecule has 0 saturated heterocycles. The number of fused-ring (bicyclic) bond motifs is 1. The molecule has 0 aliphatic heterocycles. The van der Waals surface area contributed by atoms with Crippen molar-refractivity contribution in [3.8, 4) is 0 Å². The normalized spacial score (nSPS) is 10.9. The van der Waals surface area contributed by atoms with Crippen molar-refractivity contribution < 1.29 is 0 Å². The van der Waals surface area contributed by atoms with E-state index in [1.165, 1.54) is 5.69 Å². The first-order chi connectivity index (χ1) is 9.31. The van der Waals surface area contributed by atoms with Crippen LogP contribution in [0, 0.1) is 0 Å². The second kappa shape index (κ2) is 5.27. The number of nitrogens with one attached hydrogen (secondary N) is 2. The number of hydrogen-bond acceptors (Lipinski definition) is 5. The van der Waals surface area contributed by atoms with Gasteiger partial charge in [0.2, 0.25) is 0 Å². The van der Waals surface area contributed by atoms with Gasteiger partial charge in [-0.1, -0.05) is 11.3 Å². The fraction of sp³-hybridized carbons (Fsp3) is 0.231. The molecule has 5 nitrogen and oxygen atoms in total. The third kappa shape index (κ3) is 2.85. The van der Waals surface area contributed by atoms with Gasteiger partial charge >= 0.3 is 0 Å². The number of imidazole rings is 1. The molecular formula is C13H15N5S. The van der Waals surface area contributed by atoms with Crippen LogP contribution < -0.4 is 11.1 Å². The maximum absolute atomic E-state index is 5.76. The predicted octanol–water partition coefficient (Wildman–Crippen LogP) is 2.65. The van der Waals surface area contributed by atoms with Crippen molar-refractivity contribution in [2.75, 3.05) is 17.6 Å². The van der Waals surface area contributed by atoms with E-state index in [2.05, 4.69) is 20.3 Å². The monoisotopic (exact) mass is 273 g/mol. The lowest BCUT2D eigenvalue weighted by molar-refractivity contribution is 0.842. The maximum atomic E-state index is 5.76. The summed E-state index contributed by atoms with van der Waals surface area (Å²) in [4.78, 5) is 11.6. The third-order valence-electron chi connectivity index (χ3n) is 2.87. The van der Waals surface area contributed by atoms with E-state index in [0.717, 1.165) is 40.4 Å². The first kappa shape index (κ1) is 12.0. The Morgan fingerprint density at radius 2 is 2.32 bits per heavy atom. The summed E-state index contributed by atoms with van der Waals surface area (Å²) in [6.07, 6.45) is 5.60. The number of H-pyrrole nitrogens is 1. The summed E-state index contributed by atoms with van der Waals surface area (Å²) < 4.78 is 1.12. The number of nitrogens with two attached hydrogens (primary N) is 1. The second-order valence-electron chi connectivity index (χ2n) is 4.35. The summed E-state index contributed by atoms with van der Waals surface area (Å²) in [5.74, 6) is 0. The lowest BCUT2D eigenvalue weighted by atomic mass is 10.2. The van der Waals surface area contributed by atoms with E-state index in [4.69, 9.17) is 5.73 Å². The first-order valence-electron chi connectivity index (χ1n) is 6.18. The van der Waals surface area contributed by atoms with Gasteiger partial charge in [-0.15, -0.1) is 0 Å². The van der Waals surface area contributed by atoms with E-state index in [1.807, 2.05) is 24.4 Å². The minimum Gasteiger partial charge on any atom is -0.399 e. The number of hydrogen-bond donors (Lipinski definition) is 3. The number of rotatable bonds is 5. The van der Waals surface area contributed by atoms with Crippen LogP contribution in [0.3, 0.4) is 0 Å². The molecule has 3 aromatic rings. The zero-order chi connectivity index (χ0) is 13.1. The van der Waals surface area contributed by atoms with Crippen molar-refractivity contribution >= 4 is 32.4 Å². The van der Waals surface area contributed by atoms with Crippen LogP contribution in [-0.2, 0) is 6.42 Å². The smallest absolute Gasteiger partial charge is 0.183 e. The molecule has 4 N–H and O–H groups in total. The Kier molecular flexibility index (Phi) is 3.33. The van der Waals surface area contributed by atoms with Gasteiger partial charge in [0, 0.05) is 24.1 Å². The van der Waals surface area contributed by atoms with Gasteiger partial charge < -0.3 is 16.0 Å². The van der Waals surface area contributed by atoms with E-state index in [1.54, 1.807) is 17.7 Å². The fourth-order valence-corrected chi connectivity index (χ4v) is 2.85. The third-order valence-corrected chi connectivity index (χ3v) is 3.84. The number of anilines is 2. The molecule has 0 aliphatic carbocycles. The van der Waals surface area contributed by atoms with Gasteiger partial charge in [-0.05, 0) is 31.0 Å². The summed E-state index contributed by atoms with van der Waals surface area (Å²) in [7, 11) is 0. The molecule has 0 aliphatic rings. The molecule has 98 valence electrons. The van der Waals surface area contributed by atoms with Gasteiger partial charge in [0.05, 0.1) is 16.5 Å². The molecule has 0 spiro atoms. The van der Waals surface area contributed by atoms with Crippen LogP contribution in [0.2, 0.25) is 0 Å². The summed E-state index contributed by atoms with van der Waals surface area (Å²) in [5.41, 5.74) is 8.70. The van der Waals surface area contributed by atoms with Gasteiger partial charge in [-0.25, -0.2) is 9.97 Å². The Hall–Kier alpha value is -2.08. The SMILES string of the molecule is Nc1ccc2nc(NCCCc3cnc[nH]3)sc2c1. The van der Waals surface area contributed by atoms with Crippen molar-refractivity contribution in [2.24, 2.45) is 0 Å². The highest BCUT2D eigenvalue weighted by atomic mass is 32.1. The Morgan fingerprint density at radius 1 is 1.37 bits per heavy atom. The summed E-state index contributed by atoms with van der Waals surface area (Å²) >= 11 is 1.64. The average molecular weight is 273 g/mol. The van der Waals surface area contributed by atoms with Gasteiger partial charge in [-0.3, -0.25) is 0 Å². The summed E-state index contributed by atoms with van der Waals surface area (Å²) in [6.45, 7) is 0.897. The highest BCUT2D eigenvalue weighted by molar-refractivity contribution is 7.22. The molecule has 3 rings (SSSR count). The highest BCUT2D eigenvalue weighted by Crippen LogP contribution is 2.27. The Bertz CT molecular complexity index is 659. The molecule has 0 atom stereocenters. The second-order valence-corrected chi connectivity index (χ2v) is 5.38. The van der Waals surface area contributed by atoms with Crippen LogP contribution in [-0.4, -0.2) is 21.5 Å². The molecule has 0 unspecified atom stereocenters. The summed E-state index contributed by atoms with van der Waals surface area (Å²) in [6, 6.07) is 5.80. The lowest BCUT2D eigenvalue weighted by Gasteiger charge is -2.00. The lowest BCUT2D eigenvalue weighted by Crippen LogP contribution is -2.02. The van der Waals surface area contributed by atoms with Crippen molar-refractivity contribution in [1.82, 2.24) is 15.0 Å². The number of nitrogens with zero attached hydrogens (tertiary/aromatic N) is 2. The van der Waals surface area contributed by atoms with Crippen LogP contribution in [0.4, 0.5) is 10.8 Å². The molecule has 0 amide bonds. The van der Waals surface area contributed by atoms with E-state index in [9.17, 15) is 0 Å². The Labute approximate surface area is 114 Å². The quantitative estimate of drug-likeness (QED) is 0.493. The van der Waals surface area contributed by atoms with Crippen LogP contribution in [0.1, 0.15) is 12.1 Å². The zero-order valence-corrected chi connectivity index (χ0v) is 11.2. The molecule has 2 heterocycles. The Morgan fingerprint density at radius 3 is 3.16 bits per heavy atom. The molecule has 0 saturated carbocycles. The van der Waals surface area contributed by atoms with E-state index in [-0.39, 0.29) is 0 Å². The maximum Gasteiger partial charge on any atom is 0.183 e. The average Bonchev–Trinajstić information content (AvgIpc) is 3.02. The number of aromatic amines is 1. The van der Waals surface area contributed by atoms with Crippen LogP contribution in [0.25, 0.3) is 10.2 Å². The molecule has 19 heavy (non-hydrogen) atoms. The molecule has 2 aromatic heterocycles. The highest BCUT2D eigenvalue weighted by Gasteiger charge is 2.03. The predicted molar refractivity (Wildman–Crippen MR) is 79.4 cm³/mol. The standard InChI is InChI=1S/C13H15N5S/c14-9-3-4-11-12(6-9)19-13(18-11)16-5-1-2-10-7-15-8-17-10/h3-4,6-8H,1-2,5,14H2,(H,15,17)(H,16,18). The van der Waals surface area contributed by atoms with Gasteiger partial charge in [0.15, 0.2) is 5.13 Å². The van der Waals surface area contributed by atoms with Crippen molar-refractivity contribution in [3.05, 3.63) is 36.4 Å².